The van der Waals surface area contributed by atoms with Crippen LogP contribution in [0.25, 0.3) is 0 Å². The summed E-state index contributed by atoms with van der Waals surface area (Å²) in [5.41, 5.74) is 8.84. The molecule has 0 saturated heterocycles. The van der Waals surface area contributed by atoms with Gasteiger partial charge in [-0.3, -0.25) is 0 Å². The summed E-state index contributed by atoms with van der Waals surface area (Å²) in [5.74, 6) is 3.78. The molecule has 0 nitrogen and oxygen atoms in total. The van der Waals surface area contributed by atoms with Crippen molar-refractivity contribution in [3.63, 3.8) is 0 Å². The van der Waals surface area contributed by atoms with E-state index in [2.05, 4.69) is 118 Å². The molecule has 2 aromatic rings. The quantitative estimate of drug-likeness (QED) is 0.300. The van der Waals surface area contributed by atoms with Crippen LogP contribution in [0, 0.1) is 63.0 Å². The molecule has 0 aromatic heterocycles. The molecule has 0 bridgehead atoms. The van der Waals surface area contributed by atoms with Crippen LogP contribution in [0.15, 0.2) is 24.3 Å². The van der Waals surface area contributed by atoms with Crippen LogP contribution >= 0.6 is 0 Å². The van der Waals surface area contributed by atoms with Crippen molar-refractivity contribution in [3.8, 4) is 10.7 Å². The summed E-state index contributed by atoms with van der Waals surface area (Å²) in [6.45, 7) is 27.6. The van der Waals surface area contributed by atoms with Gasteiger partial charge in [-0.2, -0.15) is 0 Å². The van der Waals surface area contributed by atoms with Crippen LogP contribution in [-0.2, 0) is 0 Å². The Morgan fingerprint density at radius 1 is 0.656 bits per heavy atom. The number of aryl methyl sites for hydroxylation is 6. The van der Waals surface area contributed by atoms with Crippen LogP contribution < -0.4 is 8.79 Å². The Morgan fingerprint density at radius 3 is 1.34 bits per heavy atom. The first-order valence-electron chi connectivity index (χ1n) is 12.3. The second-order valence-electron chi connectivity index (χ2n) is 12.4. The van der Waals surface area contributed by atoms with Crippen LogP contribution in [0.2, 0.25) is 5.25 Å². The van der Waals surface area contributed by atoms with E-state index in [1.54, 1.807) is 8.79 Å². The van der Waals surface area contributed by atoms with Crippen LogP contribution in [0.4, 0.5) is 0 Å². The zero-order valence-corrected chi connectivity index (χ0v) is 25.0. The molecule has 0 fully saturated rings. The molecule has 32 heavy (non-hydrogen) atoms. The maximum atomic E-state index is 4.13. The zero-order chi connectivity index (χ0) is 24.5. The van der Waals surface area contributed by atoms with Gasteiger partial charge in [0.1, 0.15) is 0 Å². The van der Waals surface area contributed by atoms with E-state index in [9.17, 15) is 0 Å². The van der Waals surface area contributed by atoms with Gasteiger partial charge in [-0.25, -0.2) is 0 Å². The van der Waals surface area contributed by atoms with E-state index in [1.807, 2.05) is 0 Å². The first-order chi connectivity index (χ1) is 14.6. The van der Waals surface area contributed by atoms with Gasteiger partial charge in [-0.1, -0.05) is 0 Å². The minimum absolute atomic E-state index is 0.000456. The van der Waals surface area contributed by atoms with Gasteiger partial charge in [0.05, 0.1) is 0 Å². The molecule has 0 spiro atoms. The molecule has 0 aliphatic rings. The summed E-state index contributed by atoms with van der Waals surface area (Å²) in [4.78, 5) is 0. The van der Waals surface area contributed by atoms with Crippen molar-refractivity contribution in [3.05, 3.63) is 57.6 Å². The summed E-state index contributed by atoms with van der Waals surface area (Å²) in [6.07, 6.45) is 2.48. The van der Waals surface area contributed by atoms with Crippen molar-refractivity contribution in [1.82, 2.24) is 0 Å². The third-order valence-electron chi connectivity index (χ3n) is 6.34. The summed E-state index contributed by atoms with van der Waals surface area (Å²) in [7, 11) is 0. The number of hydrogen-bond acceptors (Lipinski definition) is 0. The first-order valence-corrected chi connectivity index (χ1v) is 16.9. The molecule has 0 aliphatic heterocycles. The average molecular weight is 491 g/mol. The molecule has 0 heterocycles. The third kappa shape index (κ3) is 6.54. The molecule has 0 N–H and O–H groups in total. The van der Waals surface area contributed by atoms with Crippen molar-refractivity contribution in [2.45, 2.75) is 101 Å². The predicted octanol–water partition coefficient (Wildman–Crippen LogP) is 7.52. The summed E-state index contributed by atoms with van der Waals surface area (Å²) < 4.78 is 7.35. The van der Waals surface area contributed by atoms with Gasteiger partial charge in [0.2, 0.25) is 0 Å². The Bertz CT molecular complexity index is 925. The molecule has 174 valence electrons. The maximum absolute atomic E-state index is 4.13. The third-order valence-corrected chi connectivity index (χ3v) is 16.7. The summed E-state index contributed by atoms with van der Waals surface area (Å²) >= 11 is -3.06. The van der Waals surface area contributed by atoms with Gasteiger partial charge >= 0.3 is 202 Å². The normalized spacial score (nSPS) is 12.5. The Labute approximate surface area is 202 Å². The van der Waals surface area contributed by atoms with Gasteiger partial charge in [-0.05, 0) is 0 Å². The van der Waals surface area contributed by atoms with E-state index < -0.39 is 13.3 Å². The second kappa shape index (κ2) is 9.81. The predicted molar refractivity (Wildman–Crippen MR) is 147 cm³/mol. The topological polar surface area (TPSA) is 0 Å². The van der Waals surface area contributed by atoms with Gasteiger partial charge in [-0.15, -0.1) is 0 Å². The van der Waals surface area contributed by atoms with Crippen LogP contribution in [0.3, 0.4) is 0 Å². The molecule has 2 aromatic carbocycles. The molecule has 0 saturated carbocycles. The van der Waals surface area contributed by atoms with Crippen molar-refractivity contribution >= 4 is 22.1 Å². The fourth-order valence-electron chi connectivity index (χ4n) is 5.45. The van der Waals surface area contributed by atoms with Crippen molar-refractivity contribution < 1.29 is 0 Å². The standard InChI is InChI=1S/C31H46Ge/c1-22-18-24(3)28(25(4)19-22)32(17-15-31(10,11)12,16-13-14-30(7,8)9)29-26(5)20-23(2)21-27(29)6/h18-21H,13-14,16H2,1-12H3. The molecular weight excluding hydrogens is 445 g/mol. The summed E-state index contributed by atoms with van der Waals surface area (Å²) in [6, 6.07) is 9.57. The van der Waals surface area contributed by atoms with E-state index in [-0.39, 0.29) is 5.41 Å². The van der Waals surface area contributed by atoms with E-state index in [4.69, 9.17) is 0 Å². The SMILES string of the molecule is Cc1cc(C)[c]([Ge]([C]#CC(C)(C)C)([CH2]CCC(C)(C)C)[c]2c(C)cc(C)cc2C)c(C)c1. The molecule has 0 aliphatic carbocycles. The monoisotopic (exact) mass is 492 g/mol. The van der Waals surface area contributed by atoms with Gasteiger partial charge in [0, 0.05) is 0 Å². The Kier molecular flexibility index (Phi) is 8.21. The van der Waals surface area contributed by atoms with Crippen LogP contribution in [-0.4, -0.2) is 13.3 Å². The Hall–Kier alpha value is -1.46. The molecule has 2 rings (SSSR count). The van der Waals surface area contributed by atoms with Crippen molar-refractivity contribution in [1.29, 1.82) is 0 Å². The van der Waals surface area contributed by atoms with Gasteiger partial charge in [0.15, 0.2) is 0 Å². The van der Waals surface area contributed by atoms with E-state index >= 15 is 0 Å². The second-order valence-corrected chi connectivity index (χ2v) is 19.8. The fraction of sp³-hybridized carbons (Fsp3) is 0.548. The van der Waals surface area contributed by atoms with E-state index in [0.29, 0.717) is 5.41 Å². The number of hydrogen-bond donors (Lipinski definition) is 0. The Balaban J connectivity index is 2.96. The van der Waals surface area contributed by atoms with Gasteiger partial charge < -0.3 is 0 Å². The average Bonchev–Trinajstić information content (AvgIpc) is 2.56. The molecule has 0 unspecified atom stereocenters. The van der Waals surface area contributed by atoms with Crippen LogP contribution in [0.5, 0.6) is 0 Å². The number of benzene rings is 2. The molecular formula is C31H46Ge. The number of rotatable bonds is 5. The van der Waals surface area contributed by atoms with Crippen molar-refractivity contribution in [2.75, 3.05) is 0 Å². The van der Waals surface area contributed by atoms with Crippen molar-refractivity contribution in [2.24, 2.45) is 10.8 Å². The fourth-order valence-corrected chi connectivity index (χ4v) is 16.8. The van der Waals surface area contributed by atoms with Crippen LogP contribution in [0.1, 0.15) is 87.8 Å². The molecule has 0 radical (unpaired) electrons. The zero-order valence-electron chi connectivity index (χ0n) is 22.9. The molecule has 0 atom stereocenters. The molecule has 1 heteroatoms. The van der Waals surface area contributed by atoms with E-state index in [1.165, 1.54) is 51.5 Å². The molecule has 0 amide bonds. The Morgan fingerprint density at radius 2 is 1.03 bits per heavy atom. The summed E-state index contributed by atoms with van der Waals surface area (Å²) in [5, 5.41) is 1.23. The van der Waals surface area contributed by atoms with E-state index in [0.717, 1.165) is 0 Å². The first kappa shape index (κ1) is 26.8. The minimum atomic E-state index is -3.06. The van der Waals surface area contributed by atoms with Gasteiger partial charge in [0.25, 0.3) is 0 Å².